The molecule has 12 nitrogen and oxygen atoms in total. The second-order valence-corrected chi connectivity index (χ2v) is 12.1. The number of amides is 1. The zero-order valence-electron chi connectivity index (χ0n) is 27.1. The van der Waals surface area contributed by atoms with Gasteiger partial charge in [-0.15, -0.1) is 0 Å². The van der Waals surface area contributed by atoms with Crippen molar-refractivity contribution in [2.45, 2.75) is 38.8 Å². The molecule has 3 aromatic heterocycles. The van der Waals surface area contributed by atoms with E-state index in [9.17, 15) is 23.2 Å². The lowest BCUT2D eigenvalue weighted by Crippen LogP contribution is -2.38. The minimum Gasteiger partial charge on any atom is -0.481 e. The molecule has 0 aliphatic carbocycles. The van der Waals surface area contributed by atoms with E-state index in [1.165, 1.54) is 14.1 Å². The summed E-state index contributed by atoms with van der Waals surface area (Å²) in [6, 6.07) is 14.8. The molecule has 5 aromatic rings. The summed E-state index contributed by atoms with van der Waals surface area (Å²) in [6.07, 6.45) is -1.71. The highest BCUT2D eigenvalue weighted by Gasteiger charge is 2.23. The van der Waals surface area contributed by atoms with Gasteiger partial charge in [0.1, 0.15) is 11.2 Å². The number of pyridine rings is 1. The van der Waals surface area contributed by atoms with Crippen molar-refractivity contribution < 1.29 is 18.3 Å². The van der Waals surface area contributed by atoms with Crippen LogP contribution in [0.5, 0.6) is 5.88 Å². The number of nitrogens with zero attached hydrogens (tertiary/aromatic N) is 5. The number of methoxy groups -OCH3 is 1. The van der Waals surface area contributed by atoms with Gasteiger partial charge in [-0.2, -0.15) is 0 Å². The van der Waals surface area contributed by atoms with E-state index >= 15 is 0 Å². The Labute approximate surface area is 284 Å². The zero-order valence-corrected chi connectivity index (χ0v) is 27.9. The highest BCUT2D eigenvalue weighted by molar-refractivity contribution is 6.36. The van der Waals surface area contributed by atoms with Crippen LogP contribution in [0.3, 0.4) is 0 Å². The van der Waals surface area contributed by atoms with Crippen LogP contribution >= 0.6 is 11.6 Å². The van der Waals surface area contributed by atoms with Crippen LogP contribution in [-0.4, -0.2) is 49.7 Å². The summed E-state index contributed by atoms with van der Waals surface area (Å²) < 4.78 is 35.2. The molecule has 3 N–H and O–H groups in total. The lowest BCUT2D eigenvalue weighted by Gasteiger charge is -2.17. The van der Waals surface area contributed by atoms with Gasteiger partial charge in [-0.05, 0) is 36.6 Å². The second kappa shape index (κ2) is 13.7. The Kier molecular flexibility index (Phi) is 9.43. The predicted octanol–water partition coefficient (Wildman–Crippen LogP) is 4.78. The molecule has 0 saturated carbocycles. The number of halogens is 3. The molecule has 0 unspecified atom stereocenters. The summed E-state index contributed by atoms with van der Waals surface area (Å²) in [6.45, 7) is 2.96. The van der Waals surface area contributed by atoms with E-state index in [-0.39, 0.29) is 28.8 Å². The van der Waals surface area contributed by atoms with Crippen molar-refractivity contribution in [2.75, 3.05) is 19.0 Å². The number of rotatable bonds is 10. The molecule has 0 radical (unpaired) electrons. The third kappa shape index (κ3) is 6.48. The highest BCUT2D eigenvalue weighted by atomic mass is 35.5. The maximum atomic E-state index is 13.8. The number of alkyl halides is 2. The van der Waals surface area contributed by atoms with Crippen LogP contribution in [-0.2, 0) is 25.4 Å². The zero-order chi connectivity index (χ0) is 35.0. The number of carbonyl (C=O) groups excluding carboxylic acids is 1. The van der Waals surface area contributed by atoms with E-state index in [0.717, 1.165) is 26.7 Å². The summed E-state index contributed by atoms with van der Waals surface area (Å²) in [7, 11) is 4.20. The molecule has 2 aromatic carbocycles. The molecular weight excluding hydrogens is 658 g/mol. The molecule has 6 rings (SSSR count). The fourth-order valence-electron chi connectivity index (χ4n) is 5.93. The molecule has 1 aliphatic heterocycles. The molecule has 1 amide bonds. The van der Waals surface area contributed by atoms with E-state index in [0.29, 0.717) is 58.5 Å². The highest BCUT2D eigenvalue weighted by Crippen LogP contribution is 2.40. The molecule has 254 valence electrons. The number of aromatic nitrogens is 5. The number of aryl methyl sites for hydroxylation is 1. The van der Waals surface area contributed by atoms with Crippen molar-refractivity contribution in [2.24, 2.45) is 14.1 Å². The lowest BCUT2D eigenvalue weighted by atomic mass is 9.96. The van der Waals surface area contributed by atoms with Gasteiger partial charge >= 0.3 is 5.69 Å². The minimum atomic E-state index is -3.04. The average Bonchev–Trinajstić information content (AvgIpc) is 3.51. The maximum Gasteiger partial charge on any atom is 0.332 e. The first-order valence-electron chi connectivity index (χ1n) is 15.4. The molecule has 0 bridgehead atoms. The molecule has 1 atom stereocenters. The monoisotopic (exact) mass is 690 g/mol. The summed E-state index contributed by atoms with van der Waals surface area (Å²) in [5.41, 5.74) is 3.05. The van der Waals surface area contributed by atoms with E-state index in [1.807, 2.05) is 43.3 Å². The normalized spacial score (nSPS) is 14.4. The van der Waals surface area contributed by atoms with Crippen molar-refractivity contribution in [1.82, 2.24) is 34.7 Å². The van der Waals surface area contributed by atoms with Crippen LogP contribution in [0.15, 0.2) is 58.1 Å². The van der Waals surface area contributed by atoms with Gasteiger partial charge in [0.15, 0.2) is 11.5 Å². The SMILES string of the molecule is COc1nc(-c2cccc(-c3cccc(Nc4nc(C(F)F)nc5c4c(=O)n(C)c(=O)n5C)c3C)c2Cl)ccc1CNC[C@H]1CCC(=O)N1. The number of nitrogens with one attached hydrogen (secondary N) is 3. The first-order chi connectivity index (χ1) is 23.5. The number of anilines is 2. The number of hydrogen-bond donors (Lipinski definition) is 3. The average molecular weight is 691 g/mol. The topological polar surface area (TPSA) is 145 Å². The van der Waals surface area contributed by atoms with Crippen LogP contribution in [0.2, 0.25) is 5.02 Å². The summed E-state index contributed by atoms with van der Waals surface area (Å²) in [5.74, 6) is -0.477. The van der Waals surface area contributed by atoms with Gasteiger partial charge in [-0.1, -0.05) is 48.0 Å². The lowest BCUT2D eigenvalue weighted by molar-refractivity contribution is -0.119. The Bertz CT molecular complexity index is 2220. The molecular formula is C34H33ClF2N8O4. The van der Waals surface area contributed by atoms with E-state index < -0.39 is 23.5 Å². The quantitative estimate of drug-likeness (QED) is 0.189. The number of carbonyl (C=O) groups is 1. The summed E-state index contributed by atoms with van der Waals surface area (Å²) in [5, 5.41) is 9.66. The van der Waals surface area contributed by atoms with Gasteiger partial charge in [0, 0.05) is 62.0 Å². The van der Waals surface area contributed by atoms with Gasteiger partial charge < -0.3 is 20.7 Å². The number of fused-ring (bicyclic) bond motifs is 1. The van der Waals surface area contributed by atoms with Gasteiger partial charge in [-0.25, -0.2) is 28.5 Å². The molecule has 49 heavy (non-hydrogen) atoms. The van der Waals surface area contributed by atoms with Crippen molar-refractivity contribution in [3.8, 4) is 28.3 Å². The Morgan fingerprint density at radius 2 is 1.73 bits per heavy atom. The molecule has 15 heteroatoms. The van der Waals surface area contributed by atoms with Crippen molar-refractivity contribution in [1.29, 1.82) is 0 Å². The molecule has 0 spiro atoms. The third-order valence-corrected chi connectivity index (χ3v) is 8.99. The fraction of sp³-hybridized carbons (Fsp3) is 0.294. The maximum absolute atomic E-state index is 13.8. The standard InChI is InChI=1S/C34H33ClF2N8O4/c1-17-20(7-6-10-23(17)40-29-26-31(43-30(42-29)28(36)37)44(2)34(48)45(3)33(26)47)21-8-5-9-22(27(21)35)24-13-11-18(32(41-24)49-4)15-38-16-19-12-14-25(46)39-19/h5-11,13,19,28,38H,12,14-16H2,1-4H3,(H,39,46)(H,40,42,43)/t19-/m1/s1. The summed E-state index contributed by atoms with van der Waals surface area (Å²) in [4.78, 5) is 49.7. The van der Waals surface area contributed by atoms with Crippen LogP contribution in [0.4, 0.5) is 20.3 Å². The van der Waals surface area contributed by atoms with E-state index in [4.69, 9.17) is 21.3 Å². The van der Waals surface area contributed by atoms with Gasteiger partial charge in [0.05, 0.1) is 17.8 Å². The molecule has 4 heterocycles. The number of ether oxygens (including phenoxy) is 1. The van der Waals surface area contributed by atoms with Gasteiger partial charge in [0.2, 0.25) is 11.8 Å². The largest absolute Gasteiger partial charge is 0.481 e. The molecule has 1 saturated heterocycles. The van der Waals surface area contributed by atoms with Crippen molar-refractivity contribution in [3.63, 3.8) is 0 Å². The van der Waals surface area contributed by atoms with Crippen LogP contribution < -0.4 is 31.9 Å². The Balaban J connectivity index is 1.33. The molecule has 1 aliphatic rings. The number of benzene rings is 2. The van der Waals surface area contributed by atoms with Gasteiger partial charge in [-0.3, -0.25) is 18.7 Å². The minimum absolute atomic E-state index is 0.0664. The number of hydrogen-bond acceptors (Lipinski definition) is 9. The summed E-state index contributed by atoms with van der Waals surface area (Å²) >= 11 is 7.04. The van der Waals surface area contributed by atoms with E-state index in [1.54, 1.807) is 19.2 Å². The van der Waals surface area contributed by atoms with Crippen molar-refractivity contribution >= 4 is 40.0 Å². The van der Waals surface area contributed by atoms with Crippen LogP contribution in [0.25, 0.3) is 33.4 Å². The Morgan fingerprint density at radius 3 is 2.45 bits per heavy atom. The predicted molar refractivity (Wildman–Crippen MR) is 183 cm³/mol. The fourth-order valence-corrected chi connectivity index (χ4v) is 6.26. The van der Waals surface area contributed by atoms with Crippen molar-refractivity contribution in [3.05, 3.63) is 91.3 Å². The molecule has 1 fully saturated rings. The smallest absolute Gasteiger partial charge is 0.332 e. The first kappa shape index (κ1) is 33.7. The van der Waals surface area contributed by atoms with Crippen LogP contribution in [0.1, 0.15) is 36.2 Å². The first-order valence-corrected chi connectivity index (χ1v) is 15.8. The van der Waals surface area contributed by atoms with Crippen LogP contribution in [0, 0.1) is 6.92 Å². The van der Waals surface area contributed by atoms with Gasteiger partial charge in [0.25, 0.3) is 12.0 Å². The van der Waals surface area contributed by atoms with E-state index in [2.05, 4.69) is 25.9 Å². The Morgan fingerprint density at radius 1 is 1.00 bits per heavy atom. The second-order valence-electron chi connectivity index (χ2n) is 11.7. The third-order valence-electron chi connectivity index (χ3n) is 8.59. The Hall–Kier alpha value is -5.21.